The Morgan fingerprint density at radius 1 is 1.68 bits per heavy atom. The highest BCUT2D eigenvalue weighted by molar-refractivity contribution is 6.42. The number of oxime groups is 1. The first-order valence-corrected chi connectivity index (χ1v) is 6.76. The van der Waals surface area contributed by atoms with Gasteiger partial charge in [0.15, 0.2) is 11.5 Å². The normalized spacial score (nSPS) is 25.5. The molecule has 1 aliphatic carbocycles. The molecule has 112 valence electrons. The molecule has 2 unspecified atom stereocenters. The van der Waals surface area contributed by atoms with Crippen molar-refractivity contribution in [3.63, 3.8) is 0 Å². The predicted octanol–water partition coefficient (Wildman–Crippen LogP) is 1.81. The summed E-state index contributed by atoms with van der Waals surface area (Å²) in [6.45, 7) is 1.67. The molecule has 0 spiro atoms. The largest absolute Gasteiger partial charge is 0.376 e. The summed E-state index contributed by atoms with van der Waals surface area (Å²) in [7, 11) is 0. The average molecular weight is 299 g/mol. The quantitative estimate of drug-likeness (QED) is 0.737. The number of carbonyl (C=O) groups is 1. The van der Waals surface area contributed by atoms with Crippen LogP contribution in [0.15, 0.2) is 51.1 Å². The number of hydroxylamine groups is 2. The maximum Gasteiger partial charge on any atom is 0.315 e. The van der Waals surface area contributed by atoms with Gasteiger partial charge < -0.3 is 9.68 Å². The Labute approximate surface area is 126 Å². The molecule has 8 heteroatoms. The predicted molar refractivity (Wildman–Crippen MR) is 74.7 cm³/mol. The summed E-state index contributed by atoms with van der Waals surface area (Å²) in [5, 5.41) is 21.3. The van der Waals surface area contributed by atoms with Crippen molar-refractivity contribution in [3.05, 3.63) is 35.8 Å². The number of fused-ring (bicyclic) bond motifs is 1. The second-order valence-electron chi connectivity index (χ2n) is 4.94. The Balaban J connectivity index is 1.60. The van der Waals surface area contributed by atoms with E-state index in [-0.39, 0.29) is 12.4 Å². The van der Waals surface area contributed by atoms with Crippen LogP contribution in [0.25, 0.3) is 0 Å². The molecule has 1 amide bonds. The molecular weight excluding hydrogens is 286 g/mol. The molecule has 2 atom stereocenters. The van der Waals surface area contributed by atoms with Crippen molar-refractivity contribution in [1.29, 1.82) is 5.26 Å². The van der Waals surface area contributed by atoms with Crippen molar-refractivity contribution in [2.24, 2.45) is 21.3 Å². The van der Waals surface area contributed by atoms with E-state index in [1.165, 1.54) is 5.06 Å². The van der Waals surface area contributed by atoms with E-state index in [2.05, 4.69) is 15.4 Å². The molecule has 0 N–H and O–H groups in total. The molecule has 0 radical (unpaired) electrons. The molecule has 0 bridgehead atoms. The molecule has 0 aromatic heterocycles. The summed E-state index contributed by atoms with van der Waals surface area (Å²) in [6, 6.07) is 1.35. The summed E-state index contributed by atoms with van der Waals surface area (Å²) >= 11 is 0. The SMILES string of the molecule is CC(C#N)C1N=NC(=O)C1=NOCN1C=C2CC=CC=C2O1. The molecule has 0 saturated heterocycles. The van der Waals surface area contributed by atoms with Crippen LogP contribution in [0.1, 0.15) is 13.3 Å². The zero-order valence-electron chi connectivity index (χ0n) is 11.8. The van der Waals surface area contributed by atoms with E-state index in [0.29, 0.717) is 0 Å². The summed E-state index contributed by atoms with van der Waals surface area (Å²) in [6.07, 6.45) is 8.43. The Morgan fingerprint density at radius 3 is 3.32 bits per heavy atom. The molecule has 0 saturated carbocycles. The molecule has 0 fully saturated rings. The van der Waals surface area contributed by atoms with E-state index < -0.39 is 17.9 Å². The number of nitrogens with zero attached hydrogens (tertiary/aromatic N) is 5. The van der Waals surface area contributed by atoms with Crippen molar-refractivity contribution >= 4 is 11.6 Å². The minimum atomic E-state index is -0.676. The van der Waals surface area contributed by atoms with Crippen molar-refractivity contribution in [3.8, 4) is 6.07 Å². The molecule has 0 aromatic rings. The molecule has 2 aliphatic heterocycles. The van der Waals surface area contributed by atoms with Gasteiger partial charge in [-0.3, -0.25) is 4.79 Å². The fraction of sp³-hybridized carbons (Fsp3) is 0.357. The minimum Gasteiger partial charge on any atom is -0.376 e. The number of nitriles is 1. The number of rotatable bonds is 4. The van der Waals surface area contributed by atoms with Gasteiger partial charge in [0.1, 0.15) is 6.04 Å². The second-order valence-corrected chi connectivity index (χ2v) is 4.94. The number of carbonyl (C=O) groups excluding carboxylic acids is 1. The van der Waals surface area contributed by atoms with Crippen LogP contribution >= 0.6 is 0 Å². The van der Waals surface area contributed by atoms with Gasteiger partial charge in [0.2, 0.25) is 6.73 Å². The molecule has 2 heterocycles. The highest BCUT2D eigenvalue weighted by Gasteiger charge is 2.34. The fourth-order valence-electron chi connectivity index (χ4n) is 2.16. The van der Waals surface area contributed by atoms with Crippen molar-refractivity contribution in [2.75, 3.05) is 6.73 Å². The second kappa shape index (κ2) is 5.81. The van der Waals surface area contributed by atoms with Gasteiger partial charge in [-0.05, 0) is 19.4 Å². The third-order valence-corrected chi connectivity index (χ3v) is 3.35. The lowest BCUT2D eigenvalue weighted by atomic mass is 10.0. The zero-order chi connectivity index (χ0) is 15.5. The molecule has 8 nitrogen and oxygen atoms in total. The van der Waals surface area contributed by atoms with E-state index >= 15 is 0 Å². The average Bonchev–Trinajstić information content (AvgIpc) is 3.10. The van der Waals surface area contributed by atoms with Gasteiger partial charge in [-0.1, -0.05) is 17.3 Å². The third-order valence-electron chi connectivity index (χ3n) is 3.35. The molecular formula is C14H13N5O3. The third kappa shape index (κ3) is 2.61. The van der Waals surface area contributed by atoms with E-state index in [0.717, 1.165) is 17.8 Å². The van der Waals surface area contributed by atoms with Gasteiger partial charge in [0, 0.05) is 5.57 Å². The zero-order valence-corrected chi connectivity index (χ0v) is 11.8. The summed E-state index contributed by atoms with van der Waals surface area (Å²) in [4.78, 5) is 22.3. The van der Waals surface area contributed by atoms with E-state index in [4.69, 9.17) is 14.9 Å². The van der Waals surface area contributed by atoms with Gasteiger partial charge in [-0.2, -0.15) is 15.4 Å². The number of hydrogen-bond donors (Lipinski definition) is 0. The highest BCUT2D eigenvalue weighted by Crippen LogP contribution is 2.28. The topological polar surface area (TPSA) is 99.6 Å². The first-order valence-electron chi connectivity index (χ1n) is 6.76. The first kappa shape index (κ1) is 14.0. The molecule has 22 heavy (non-hydrogen) atoms. The van der Waals surface area contributed by atoms with E-state index in [1.54, 1.807) is 6.92 Å². The lowest BCUT2D eigenvalue weighted by Gasteiger charge is -2.14. The highest BCUT2D eigenvalue weighted by atomic mass is 16.7. The van der Waals surface area contributed by atoms with Crippen LogP contribution in [-0.2, 0) is 14.5 Å². The molecule has 3 rings (SSSR count). The number of amides is 1. The van der Waals surface area contributed by atoms with Crippen LogP contribution in [0.5, 0.6) is 0 Å². The van der Waals surface area contributed by atoms with Crippen LogP contribution < -0.4 is 0 Å². The van der Waals surface area contributed by atoms with E-state index in [9.17, 15) is 4.79 Å². The van der Waals surface area contributed by atoms with Crippen LogP contribution in [0.3, 0.4) is 0 Å². The summed E-state index contributed by atoms with van der Waals surface area (Å²) < 4.78 is 0. The van der Waals surface area contributed by atoms with Gasteiger partial charge in [-0.15, -0.1) is 5.11 Å². The summed E-state index contributed by atoms with van der Waals surface area (Å²) in [5.74, 6) is -0.299. The molecule has 3 aliphatic rings. The number of azo groups is 1. The lowest BCUT2D eigenvalue weighted by Crippen LogP contribution is -2.27. The maximum atomic E-state index is 11.6. The number of hydrogen-bond acceptors (Lipinski definition) is 7. The first-order chi connectivity index (χ1) is 10.7. The maximum absolute atomic E-state index is 11.6. The molecule has 0 aromatic carbocycles. The van der Waals surface area contributed by atoms with Gasteiger partial charge in [-0.25, -0.2) is 0 Å². The minimum absolute atomic E-state index is 0.0191. The Kier molecular flexibility index (Phi) is 3.70. The standard InChI is InChI=1S/C14H13N5O3/c1-9(6-15)12-13(14(20)17-16-12)18-21-8-19-7-10-4-2-3-5-11(10)22-19/h2-3,5,7,9,12H,4,8H2,1H3. The van der Waals surface area contributed by atoms with Crippen LogP contribution in [0.4, 0.5) is 0 Å². The van der Waals surface area contributed by atoms with Crippen molar-refractivity contribution in [1.82, 2.24) is 5.06 Å². The van der Waals surface area contributed by atoms with Crippen LogP contribution in [0.2, 0.25) is 0 Å². The van der Waals surface area contributed by atoms with Crippen molar-refractivity contribution < 1.29 is 14.5 Å². The smallest absolute Gasteiger partial charge is 0.315 e. The Hall–Kier alpha value is -2.95. The Morgan fingerprint density at radius 2 is 2.55 bits per heavy atom. The van der Waals surface area contributed by atoms with Crippen LogP contribution in [0, 0.1) is 17.2 Å². The van der Waals surface area contributed by atoms with Crippen molar-refractivity contribution in [2.45, 2.75) is 19.4 Å². The lowest BCUT2D eigenvalue weighted by molar-refractivity contribution is -0.129. The monoisotopic (exact) mass is 299 g/mol. The van der Waals surface area contributed by atoms with Crippen LogP contribution in [-0.4, -0.2) is 29.5 Å². The fourth-order valence-corrected chi connectivity index (χ4v) is 2.16. The summed E-state index contributed by atoms with van der Waals surface area (Å²) in [5.41, 5.74) is 1.09. The van der Waals surface area contributed by atoms with Gasteiger partial charge >= 0.3 is 5.91 Å². The van der Waals surface area contributed by atoms with Gasteiger partial charge in [0.25, 0.3) is 0 Å². The van der Waals surface area contributed by atoms with E-state index in [1.807, 2.05) is 30.5 Å². The van der Waals surface area contributed by atoms with Gasteiger partial charge in [0.05, 0.1) is 18.2 Å². The number of allylic oxidation sites excluding steroid dienone is 4. The Bertz CT molecular complexity index is 683.